The van der Waals surface area contributed by atoms with Gasteiger partial charge in [-0.25, -0.2) is 4.79 Å². The molecule has 0 bridgehead atoms. The number of rotatable bonds is 2. The van der Waals surface area contributed by atoms with Gasteiger partial charge < -0.3 is 10.0 Å². The van der Waals surface area contributed by atoms with E-state index in [9.17, 15) is 4.79 Å². The predicted molar refractivity (Wildman–Crippen MR) is 83.5 cm³/mol. The van der Waals surface area contributed by atoms with Crippen LogP contribution in [0.4, 0.5) is 4.79 Å². The molecule has 3 nitrogen and oxygen atoms in total. The van der Waals surface area contributed by atoms with Gasteiger partial charge in [0.05, 0.1) is 0 Å². The monoisotopic (exact) mass is 281 g/mol. The summed E-state index contributed by atoms with van der Waals surface area (Å²) in [7, 11) is 0. The number of nitrogens with zero attached hydrogens (tertiary/aromatic N) is 1. The minimum Gasteiger partial charge on any atom is -0.465 e. The normalized spacial score (nSPS) is 15.9. The molecule has 0 radical (unpaired) electrons. The van der Waals surface area contributed by atoms with E-state index in [0.717, 1.165) is 12.8 Å². The van der Waals surface area contributed by atoms with Crippen LogP contribution in [0.3, 0.4) is 0 Å². The summed E-state index contributed by atoms with van der Waals surface area (Å²) in [6.45, 7) is 1.27. The van der Waals surface area contributed by atoms with Gasteiger partial charge in [-0.2, -0.15) is 0 Å². The van der Waals surface area contributed by atoms with Gasteiger partial charge in [-0.1, -0.05) is 54.6 Å². The Hall–Kier alpha value is -2.29. The minimum atomic E-state index is -0.800. The summed E-state index contributed by atoms with van der Waals surface area (Å²) in [4.78, 5) is 12.5. The summed E-state index contributed by atoms with van der Waals surface area (Å²) < 4.78 is 0. The molecule has 1 saturated heterocycles. The standard InChI is InChI=1S/C18H19NO2/c20-18(21)19-11-9-15(10-12-19)17-8-4-7-16(13-17)14-5-2-1-3-6-14/h1-8,13,15H,9-12H2,(H,20,21). The molecule has 3 rings (SSSR count). The van der Waals surface area contributed by atoms with Crippen LogP contribution in [0.2, 0.25) is 0 Å². The molecule has 0 saturated carbocycles. The smallest absolute Gasteiger partial charge is 0.407 e. The van der Waals surface area contributed by atoms with Gasteiger partial charge in [0.15, 0.2) is 0 Å². The van der Waals surface area contributed by atoms with Crippen molar-refractivity contribution in [3.63, 3.8) is 0 Å². The van der Waals surface area contributed by atoms with E-state index >= 15 is 0 Å². The Kier molecular flexibility index (Phi) is 3.91. The fourth-order valence-electron chi connectivity index (χ4n) is 3.01. The Bertz CT molecular complexity index is 616. The van der Waals surface area contributed by atoms with E-state index in [1.54, 1.807) is 0 Å². The molecule has 0 aromatic heterocycles. The lowest BCUT2D eigenvalue weighted by atomic mass is 9.88. The van der Waals surface area contributed by atoms with E-state index in [-0.39, 0.29) is 0 Å². The molecule has 0 unspecified atom stereocenters. The molecule has 2 aromatic rings. The highest BCUT2D eigenvalue weighted by atomic mass is 16.4. The first-order valence-corrected chi connectivity index (χ1v) is 7.37. The molecule has 0 spiro atoms. The largest absolute Gasteiger partial charge is 0.465 e. The molecule has 21 heavy (non-hydrogen) atoms. The minimum absolute atomic E-state index is 0.462. The zero-order valence-corrected chi connectivity index (χ0v) is 11.9. The van der Waals surface area contributed by atoms with Crippen LogP contribution in [0.5, 0.6) is 0 Å². The van der Waals surface area contributed by atoms with Gasteiger partial charge in [-0.15, -0.1) is 0 Å². The topological polar surface area (TPSA) is 40.5 Å². The van der Waals surface area contributed by atoms with E-state index in [1.807, 2.05) is 18.2 Å². The number of carboxylic acid groups (broad SMARTS) is 1. The highest BCUT2D eigenvalue weighted by Gasteiger charge is 2.23. The van der Waals surface area contributed by atoms with E-state index in [2.05, 4.69) is 36.4 Å². The average Bonchev–Trinajstić information content (AvgIpc) is 2.56. The maximum Gasteiger partial charge on any atom is 0.407 e. The number of hydrogen-bond donors (Lipinski definition) is 1. The van der Waals surface area contributed by atoms with Gasteiger partial charge in [0, 0.05) is 13.1 Å². The molecular weight excluding hydrogens is 262 g/mol. The quantitative estimate of drug-likeness (QED) is 0.895. The van der Waals surface area contributed by atoms with Crippen LogP contribution in [0, 0.1) is 0 Å². The fourth-order valence-corrected chi connectivity index (χ4v) is 3.01. The third-order valence-corrected chi connectivity index (χ3v) is 4.23. The van der Waals surface area contributed by atoms with Crippen molar-refractivity contribution in [2.24, 2.45) is 0 Å². The van der Waals surface area contributed by atoms with Crippen LogP contribution < -0.4 is 0 Å². The van der Waals surface area contributed by atoms with Crippen LogP contribution in [-0.2, 0) is 0 Å². The highest BCUT2D eigenvalue weighted by Crippen LogP contribution is 2.30. The molecule has 3 heteroatoms. The third kappa shape index (κ3) is 3.07. The first-order valence-electron chi connectivity index (χ1n) is 7.37. The SMILES string of the molecule is O=C(O)N1CCC(c2cccc(-c3ccccc3)c2)CC1. The third-order valence-electron chi connectivity index (χ3n) is 4.23. The van der Waals surface area contributed by atoms with E-state index < -0.39 is 6.09 Å². The Morgan fingerprint density at radius 2 is 1.62 bits per heavy atom. The number of amides is 1. The second kappa shape index (κ2) is 6.00. The van der Waals surface area contributed by atoms with Gasteiger partial charge in [0.25, 0.3) is 0 Å². The second-order valence-corrected chi connectivity index (χ2v) is 5.54. The highest BCUT2D eigenvalue weighted by molar-refractivity contribution is 5.65. The van der Waals surface area contributed by atoms with Gasteiger partial charge in [-0.3, -0.25) is 0 Å². The lowest BCUT2D eigenvalue weighted by Gasteiger charge is -2.30. The molecule has 1 N–H and O–H groups in total. The lowest BCUT2D eigenvalue weighted by molar-refractivity contribution is 0.132. The average molecular weight is 281 g/mol. The number of hydrogen-bond acceptors (Lipinski definition) is 1. The Labute approximate surface area is 124 Å². The lowest BCUT2D eigenvalue weighted by Crippen LogP contribution is -2.36. The number of likely N-dealkylation sites (tertiary alicyclic amines) is 1. The van der Waals surface area contributed by atoms with Crippen molar-refractivity contribution in [3.05, 3.63) is 60.2 Å². The van der Waals surface area contributed by atoms with Crippen molar-refractivity contribution in [2.75, 3.05) is 13.1 Å². The van der Waals surface area contributed by atoms with Gasteiger partial charge >= 0.3 is 6.09 Å². The number of piperidine rings is 1. The van der Waals surface area contributed by atoms with Crippen LogP contribution in [0.1, 0.15) is 24.3 Å². The molecule has 1 fully saturated rings. The molecule has 2 aromatic carbocycles. The predicted octanol–water partition coefficient (Wildman–Crippen LogP) is 4.21. The van der Waals surface area contributed by atoms with E-state index in [0.29, 0.717) is 19.0 Å². The molecule has 0 aliphatic carbocycles. The summed E-state index contributed by atoms with van der Waals surface area (Å²) in [5, 5.41) is 9.01. The first kappa shape index (κ1) is 13.7. The Morgan fingerprint density at radius 3 is 2.29 bits per heavy atom. The van der Waals surface area contributed by atoms with Crippen molar-refractivity contribution in [2.45, 2.75) is 18.8 Å². The van der Waals surface area contributed by atoms with E-state index in [1.165, 1.54) is 21.6 Å². The maximum absolute atomic E-state index is 11.0. The van der Waals surface area contributed by atoms with E-state index in [4.69, 9.17) is 5.11 Å². The second-order valence-electron chi connectivity index (χ2n) is 5.54. The number of benzene rings is 2. The van der Waals surface area contributed by atoms with Gasteiger partial charge in [0.1, 0.15) is 0 Å². The van der Waals surface area contributed by atoms with Crippen molar-refractivity contribution in [1.82, 2.24) is 4.90 Å². The Morgan fingerprint density at radius 1 is 0.952 bits per heavy atom. The first-order chi connectivity index (χ1) is 10.2. The molecule has 1 aliphatic heterocycles. The summed E-state index contributed by atoms with van der Waals surface area (Å²) in [5.41, 5.74) is 3.78. The summed E-state index contributed by atoms with van der Waals surface area (Å²) in [6, 6.07) is 19.0. The zero-order chi connectivity index (χ0) is 14.7. The molecule has 1 aliphatic rings. The van der Waals surface area contributed by atoms with Crippen LogP contribution in [-0.4, -0.2) is 29.2 Å². The summed E-state index contributed by atoms with van der Waals surface area (Å²) >= 11 is 0. The summed E-state index contributed by atoms with van der Waals surface area (Å²) in [6.07, 6.45) is 1.02. The van der Waals surface area contributed by atoms with Crippen molar-refractivity contribution < 1.29 is 9.90 Å². The maximum atomic E-state index is 11.0. The summed E-state index contributed by atoms with van der Waals surface area (Å²) in [5.74, 6) is 0.462. The van der Waals surface area contributed by atoms with Crippen LogP contribution in [0.25, 0.3) is 11.1 Å². The van der Waals surface area contributed by atoms with Gasteiger partial charge in [-0.05, 0) is 35.4 Å². The molecule has 0 atom stereocenters. The number of carbonyl (C=O) groups is 1. The molecular formula is C18H19NO2. The van der Waals surface area contributed by atoms with Crippen LogP contribution >= 0.6 is 0 Å². The van der Waals surface area contributed by atoms with Crippen molar-refractivity contribution in [3.8, 4) is 11.1 Å². The van der Waals surface area contributed by atoms with Crippen LogP contribution in [0.15, 0.2) is 54.6 Å². The molecule has 1 amide bonds. The zero-order valence-electron chi connectivity index (χ0n) is 11.9. The van der Waals surface area contributed by atoms with Gasteiger partial charge in [0.2, 0.25) is 0 Å². The molecule has 108 valence electrons. The van der Waals surface area contributed by atoms with Crippen molar-refractivity contribution >= 4 is 6.09 Å². The fraction of sp³-hybridized carbons (Fsp3) is 0.278. The molecule has 1 heterocycles. The Balaban J connectivity index is 1.77. The van der Waals surface area contributed by atoms with Crippen molar-refractivity contribution in [1.29, 1.82) is 0 Å².